The Bertz CT molecular complexity index is 589. The number of benzene rings is 2. The molecule has 136 valence electrons. The van der Waals surface area contributed by atoms with Gasteiger partial charge in [-0.25, -0.2) is 0 Å². The molecular formula is C23H32O2. The lowest BCUT2D eigenvalue weighted by Gasteiger charge is -2.23. The van der Waals surface area contributed by atoms with Crippen molar-refractivity contribution in [3.8, 4) is 5.75 Å². The lowest BCUT2D eigenvalue weighted by atomic mass is 9.99. The van der Waals surface area contributed by atoms with E-state index in [0.29, 0.717) is 18.4 Å². The van der Waals surface area contributed by atoms with Gasteiger partial charge in [-0.1, -0.05) is 70.2 Å². The Morgan fingerprint density at radius 1 is 0.880 bits per heavy atom. The van der Waals surface area contributed by atoms with Crippen LogP contribution in [0, 0.1) is 5.92 Å². The van der Waals surface area contributed by atoms with E-state index in [2.05, 4.69) is 82.3 Å². The van der Waals surface area contributed by atoms with Crippen LogP contribution in [0.2, 0.25) is 0 Å². The Kier molecular flexibility index (Phi) is 8.00. The summed E-state index contributed by atoms with van der Waals surface area (Å²) in [5.41, 5.74) is 2.72. The van der Waals surface area contributed by atoms with Crippen LogP contribution < -0.4 is 4.74 Å². The van der Waals surface area contributed by atoms with Gasteiger partial charge in [0, 0.05) is 5.92 Å². The molecule has 2 atom stereocenters. The zero-order valence-electron chi connectivity index (χ0n) is 16.1. The monoisotopic (exact) mass is 340 g/mol. The molecule has 0 saturated carbocycles. The van der Waals surface area contributed by atoms with Crippen molar-refractivity contribution in [2.45, 2.75) is 59.2 Å². The van der Waals surface area contributed by atoms with E-state index in [-0.39, 0.29) is 6.29 Å². The molecule has 2 aromatic carbocycles. The average molecular weight is 341 g/mol. The molecule has 2 heteroatoms. The standard InChI is InChI=1S/C23H32O2/c1-5-19(4)21-13-15-22(16-14-21)25-23(18(2)3)24-17-9-12-20-10-7-6-8-11-20/h6-8,10-11,13-16,18-19,23H,5,9,12,17H2,1-4H3. The molecule has 0 aliphatic rings. The van der Waals surface area contributed by atoms with Crippen LogP contribution in [0.4, 0.5) is 0 Å². The number of rotatable bonds is 10. The first-order valence-corrected chi connectivity index (χ1v) is 9.52. The van der Waals surface area contributed by atoms with Gasteiger partial charge in [0.1, 0.15) is 5.75 Å². The Morgan fingerprint density at radius 2 is 1.56 bits per heavy atom. The van der Waals surface area contributed by atoms with Gasteiger partial charge in [-0.05, 0) is 48.4 Å². The highest BCUT2D eigenvalue weighted by molar-refractivity contribution is 5.29. The minimum absolute atomic E-state index is 0.203. The highest BCUT2D eigenvalue weighted by Crippen LogP contribution is 2.23. The molecule has 0 aromatic heterocycles. The SMILES string of the molecule is CCC(C)c1ccc(OC(OCCCc2ccccc2)C(C)C)cc1. The van der Waals surface area contributed by atoms with Crippen molar-refractivity contribution in [1.29, 1.82) is 0 Å². The van der Waals surface area contributed by atoms with E-state index in [1.54, 1.807) is 0 Å². The van der Waals surface area contributed by atoms with Gasteiger partial charge in [0.05, 0.1) is 6.61 Å². The van der Waals surface area contributed by atoms with Crippen molar-refractivity contribution in [2.75, 3.05) is 6.61 Å². The summed E-state index contributed by atoms with van der Waals surface area (Å²) in [7, 11) is 0. The van der Waals surface area contributed by atoms with Crippen molar-refractivity contribution in [3.05, 3.63) is 65.7 Å². The van der Waals surface area contributed by atoms with Gasteiger partial charge in [0.25, 0.3) is 0 Å². The fourth-order valence-corrected chi connectivity index (χ4v) is 2.73. The number of ether oxygens (including phenoxy) is 2. The maximum absolute atomic E-state index is 6.07. The molecular weight excluding hydrogens is 308 g/mol. The highest BCUT2D eigenvalue weighted by Gasteiger charge is 2.16. The molecule has 2 unspecified atom stereocenters. The van der Waals surface area contributed by atoms with Crippen LogP contribution >= 0.6 is 0 Å². The van der Waals surface area contributed by atoms with E-state index in [1.165, 1.54) is 11.1 Å². The van der Waals surface area contributed by atoms with E-state index in [9.17, 15) is 0 Å². The predicted octanol–water partition coefficient (Wildman–Crippen LogP) is 6.21. The molecule has 0 spiro atoms. The normalized spacial score (nSPS) is 13.6. The minimum Gasteiger partial charge on any atom is -0.465 e. The number of hydrogen-bond donors (Lipinski definition) is 0. The Hall–Kier alpha value is -1.80. The van der Waals surface area contributed by atoms with Crippen LogP contribution in [0.3, 0.4) is 0 Å². The van der Waals surface area contributed by atoms with Crippen molar-refractivity contribution >= 4 is 0 Å². The van der Waals surface area contributed by atoms with E-state index in [1.807, 2.05) is 0 Å². The van der Waals surface area contributed by atoms with Crippen LogP contribution in [0.1, 0.15) is 57.6 Å². The smallest absolute Gasteiger partial charge is 0.202 e. The first-order valence-electron chi connectivity index (χ1n) is 9.52. The lowest BCUT2D eigenvalue weighted by molar-refractivity contribution is -0.108. The fourth-order valence-electron chi connectivity index (χ4n) is 2.73. The van der Waals surface area contributed by atoms with Crippen molar-refractivity contribution < 1.29 is 9.47 Å². The van der Waals surface area contributed by atoms with Gasteiger partial charge >= 0.3 is 0 Å². The Morgan fingerprint density at radius 3 is 2.16 bits per heavy atom. The molecule has 0 radical (unpaired) electrons. The summed E-state index contributed by atoms with van der Waals surface area (Å²) in [6, 6.07) is 19.0. The number of hydrogen-bond acceptors (Lipinski definition) is 2. The van der Waals surface area contributed by atoms with Crippen LogP contribution in [0.25, 0.3) is 0 Å². The third kappa shape index (κ3) is 6.55. The fraction of sp³-hybridized carbons (Fsp3) is 0.478. The summed E-state index contributed by atoms with van der Waals surface area (Å²) in [5.74, 6) is 1.78. The maximum Gasteiger partial charge on any atom is 0.202 e. The van der Waals surface area contributed by atoms with Crippen LogP contribution in [0.5, 0.6) is 5.75 Å². The van der Waals surface area contributed by atoms with Crippen LogP contribution in [-0.4, -0.2) is 12.9 Å². The lowest BCUT2D eigenvalue weighted by Crippen LogP contribution is -2.27. The van der Waals surface area contributed by atoms with E-state index < -0.39 is 0 Å². The van der Waals surface area contributed by atoms with Gasteiger partial charge in [0.2, 0.25) is 6.29 Å². The second-order valence-electron chi connectivity index (χ2n) is 7.07. The largest absolute Gasteiger partial charge is 0.465 e. The summed E-state index contributed by atoms with van der Waals surface area (Å²) in [6.45, 7) is 9.45. The van der Waals surface area contributed by atoms with Crippen molar-refractivity contribution in [2.24, 2.45) is 5.92 Å². The first kappa shape index (κ1) is 19.5. The zero-order chi connectivity index (χ0) is 18.1. The van der Waals surface area contributed by atoms with Crippen molar-refractivity contribution in [1.82, 2.24) is 0 Å². The topological polar surface area (TPSA) is 18.5 Å². The molecule has 0 heterocycles. The van der Waals surface area contributed by atoms with Crippen LogP contribution in [-0.2, 0) is 11.2 Å². The zero-order valence-corrected chi connectivity index (χ0v) is 16.1. The van der Waals surface area contributed by atoms with Gasteiger partial charge in [0.15, 0.2) is 0 Å². The summed E-state index contributed by atoms with van der Waals surface area (Å²) in [6.07, 6.45) is 2.99. The molecule has 0 fully saturated rings. The molecule has 25 heavy (non-hydrogen) atoms. The molecule has 2 rings (SSSR count). The number of aryl methyl sites for hydroxylation is 1. The average Bonchev–Trinajstić information content (AvgIpc) is 2.64. The maximum atomic E-state index is 6.07. The predicted molar refractivity (Wildman–Crippen MR) is 105 cm³/mol. The van der Waals surface area contributed by atoms with Gasteiger partial charge < -0.3 is 9.47 Å². The van der Waals surface area contributed by atoms with Gasteiger partial charge in [-0.15, -0.1) is 0 Å². The van der Waals surface area contributed by atoms with E-state index in [0.717, 1.165) is 25.0 Å². The second kappa shape index (κ2) is 10.2. The molecule has 0 aliphatic carbocycles. The molecule has 0 saturated heterocycles. The summed E-state index contributed by atoms with van der Waals surface area (Å²) in [4.78, 5) is 0. The summed E-state index contributed by atoms with van der Waals surface area (Å²) >= 11 is 0. The van der Waals surface area contributed by atoms with E-state index in [4.69, 9.17) is 9.47 Å². The molecule has 0 bridgehead atoms. The van der Waals surface area contributed by atoms with Crippen LogP contribution in [0.15, 0.2) is 54.6 Å². The molecule has 0 N–H and O–H groups in total. The quantitative estimate of drug-likeness (QED) is 0.378. The summed E-state index contributed by atoms with van der Waals surface area (Å²) in [5, 5.41) is 0. The highest BCUT2D eigenvalue weighted by atomic mass is 16.7. The third-order valence-electron chi connectivity index (χ3n) is 4.59. The minimum atomic E-state index is -0.203. The molecule has 2 aromatic rings. The first-order chi connectivity index (χ1) is 12.1. The van der Waals surface area contributed by atoms with Gasteiger partial charge in [-0.3, -0.25) is 0 Å². The third-order valence-corrected chi connectivity index (χ3v) is 4.59. The Balaban J connectivity index is 1.81. The molecule has 2 nitrogen and oxygen atoms in total. The van der Waals surface area contributed by atoms with Gasteiger partial charge in [-0.2, -0.15) is 0 Å². The Labute approximate surface area is 153 Å². The second-order valence-corrected chi connectivity index (χ2v) is 7.07. The molecule has 0 amide bonds. The van der Waals surface area contributed by atoms with E-state index >= 15 is 0 Å². The molecule has 0 aliphatic heterocycles. The van der Waals surface area contributed by atoms with Crippen molar-refractivity contribution in [3.63, 3.8) is 0 Å². The summed E-state index contributed by atoms with van der Waals surface area (Å²) < 4.78 is 12.1.